The van der Waals surface area contributed by atoms with Gasteiger partial charge in [-0.05, 0) is 69.1 Å². The minimum absolute atomic E-state index is 0.143. The smallest absolute Gasteiger partial charge is 0.404 e. The average Bonchev–Trinajstić information content (AvgIpc) is 3.56. The Morgan fingerprint density at radius 1 is 1.10 bits per heavy atom. The van der Waals surface area contributed by atoms with Gasteiger partial charge in [-0.3, -0.25) is 0 Å². The molecule has 2 fully saturated rings. The maximum absolute atomic E-state index is 10.9. The molecular formula is C28H39N7O4. The SMILES string of the molecule is CC(C)c1cccc(O[C@H](C)c2nnc([C@H]3CC[C@H](n4cc([C@@H]5CC[C@@H](NC(=O)O)CO5)nn4)CC3)n2C)c1. The van der Waals surface area contributed by atoms with Crippen LogP contribution in [-0.4, -0.2) is 53.6 Å². The van der Waals surface area contributed by atoms with E-state index in [0.717, 1.165) is 61.6 Å². The second kappa shape index (κ2) is 11.7. The van der Waals surface area contributed by atoms with Crippen LogP contribution in [0.3, 0.4) is 0 Å². The number of nitrogens with zero attached hydrogens (tertiary/aromatic N) is 6. The van der Waals surface area contributed by atoms with Crippen LogP contribution < -0.4 is 10.1 Å². The summed E-state index contributed by atoms with van der Waals surface area (Å²) in [5.74, 6) is 3.47. The first kappa shape index (κ1) is 27.1. The minimum atomic E-state index is -1.02. The molecule has 0 spiro atoms. The fourth-order valence-corrected chi connectivity index (χ4v) is 5.76. The van der Waals surface area contributed by atoms with Gasteiger partial charge in [0.05, 0.1) is 24.9 Å². The average molecular weight is 538 g/mol. The first-order chi connectivity index (χ1) is 18.8. The van der Waals surface area contributed by atoms with Crippen molar-refractivity contribution in [3.8, 4) is 5.75 Å². The fraction of sp³-hybridized carbons (Fsp3) is 0.607. The lowest BCUT2D eigenvalue weighted by Gasteiger charge is -2.28. The van der Waals surface area contributed by atoms with Gasteiger partial charge in [-0.25, -0.2) is 9.48 Å². The van der Waals surface area contributed by atoms with E-state index in [0.29, 0.717) is 18.4 Å². The summed E-state index contributed by atoms with van der Waals surface area (Å²) in [6.45, 7) is 6.73. The number of aromatic nitrogens is 6. The molecule has 1 aliphatic carbocycles. The van der Waals surface area contributed by atoms with E-state index in [1.807, 2.05) is 37.0 Å². The van der Waals surface area contributed by atoms with Crippen molar-refractivity contribution in [3.63, 3.8) is 0 Å². The van der Waals surface area contributed by atoms with Crippen LogP contribution in [0.25, 0.3) is 0 Å². The molecule has 1 aliphatic heterocycles. The molecule has 3 aromatic rings. The third-order valence-corrected chi connectivity index (χ3v) is 8.04. The van der Waals surface area contributed by atoms with Crippen molar-refractivity contribution in [2.75, 3.05) is 6.61 Å². The molecule has 3 atom stereocenters. The van der Waals surface area contributed by atoms with Crippen LogP contribution >= 0.6 is 0 Å². The van der Waals surface area contributed by atoms with E-state index in [4.69, 9.17) is 14.6 Å². The van der Waals surface area contributed by atoms with Crippen molar-refractivity contribution >= 4 is 6.09 Å². The number of carbonyl (C=O) groups is 1. The van der Waals surface area contributed by atoms with Gasteiger partial charge in [-0.1, -0.05) is 31.2 Å². The Kier molecular flexibility index (Phi) is 8.15. The highest BCUT2D eigenvalue weighted by Gasteiger charge is 2.31. The Morgan fingerprint density at radius 2 is 1.90 bits per heavy atom. The Labute approximate surface area is 228 Å². The molecule has 2 N–H and O–H groups in total. The van der Waals surface area contributed by atoms with Gasteiger partial charge >= 0.3 is 6.09 Å². The highest BCUT2D eigenvalue weighted by atomic mass is 16.5. The lowest BCUT2D eigenvalue weighted by molar-refractivity contribution is -0.00547. The van der Waals surface area contributed by atoms with Crippen molar-refractivity contribution in [1.82, 2.24) is 35.1 Å². The van der Waals surface area contributed by atoms with Crippen LogP contribution in [0.4, 0.5) is 4.79 Å². The zero-order valence-electron chi connectivity index (χ0n) is 23.2. The number of hydrogen-bond acceptors (Lipinski definition) is 7. The van der Waals surface area contributed by atoms with Crippen LogP contribution in [-0.2, 0) is 11.8 Å². The van der Waals surface area contributed by atoms with E-state index in [-0.39, 0.29) is 24.3 Å². The first-order valence-electron chi connectivity index (χ1n) is 14.0. The number of nitrogens with one attached hydrogen (secondary N) is 1. The molecular weight excluding hydrogens is 498 g/mol. The molecule has 11 heteroatoms. The van der Waals surface area contributed by atoms with E-state index in [1.165, 1.54) is 5.56 Å². The van der Waals surface area contributed by atoms with E-state index in [9.17, 15) is 4.79 Å². The van der Waals surface area contributed by atoms with Crippen molar-refractivity contribution in [2.45, 2.75) is 95.4 Å². The van der Waals surface area contributed by atoms with E-state index >= 15 is 0 Å². The number of ether oxygens (including phenoxy) is 2. The summed E-state index contributed by atoms with van der Waals surface area (Å²) in [6.07, 6.45) is 6.04. The van der Waals surface area contributed by atoms with Gasteiger partial charge in [-0.15, -0.1) is 15.3 Å². The van der Waals surface area contributed by atoms with Crippen LogP contribution in [0.1, 0.15) is 112 Å². The van der Waals surface area contributed by atoms with Gasteiger partial charge in [-0.2, -0.15) is 0 Å². The zero-order valence-corrected chi connectivity index (χ0v) is 23.2. The summed E-state index contributed by atoms with van der Waals surface area (Å²) < 4.78 is 16.2. The highest BCUT2D eigenvalue weighted by molar-refractivity contribution is 5.64. The molecule has 0 bridgehead atoms. The third-order valence-electron chi connectivity index (χ3n) is 8.04. The molecule has 0 radical (unpaired) electrons. The molecule has 1 saturated heterocycles. The monoisotopic (exact) mass is 537 g/mol. The fourth-order valence-electron chi connectivity index (χ4n) is 5.76. The van der Waals surface area contributed by atoms with Crippen LogP contribution in [0, 0.1) is 0 Å². The molecule has 3 heterocycles. The number of hydrogen-bond donors (Lipinski definition) is 2. The lowest BCUT2D eigenvalue weighted by Crippen LogP contribution is -2.40. The van der Waals surface area contributed by atoms with Crippen molar-refractivity contribution in [1.29, 1.82) is 0 Å². The summed E-state index contributed by atoms with van der Waals surface area (Å²) >= 11 is 0. The summed E-state index contributed by atoms with van der Waals surface area (Å²) in [5, 5.41) is 29.3. The summed E-state index contributed by atoms with van der Waals surface area (Å²) in [7, 11) is 2.03. The van der Waals surface area contributed by atoms with Gasteiger partial charge in [0.2, 0.25) is 0 Å². The maximum Gasteiger partial charge on any atom is 0.404 e. The van der Waals surface area contributed by atoms with Crippen LogP contribution in [0.2, 0.25) is 0 Å². The highest BCUT2D eigenvalue weighted by Crippen LogP contribution is 2.38. The number of benzene rings is 1. The molecule has 1 saturated carbocycles. The van der Waals surface area contributed by atoms with Crippen molar-refractivity contribution in [2.24, 2.45) is 7.05 Å². The number of rotatable bonds is 8. The minimum Gasteiger partial charge on any atom is -0.483 e. The second-order valence-corrected chi connectivity index (χ2v) is 11.1. The normalized spacial score (nSPS) is 24.4. The second-order valence-electron chi connectivity index (χ2n) is 11.1. The molecule has 2 aromatic heterocycles. The van der Waals surface area contributed by atoms with Gasteiger partial charge < -0.3 is 24.5 Å². The van der Waals surface area contributed by atoms with E-state index in [2.05, 4.69) is 56.4 Å². The van der Waals surface area contributed by atoms with E-state index in [1.54, 1.807) is 0 Å². The Morgan fingerprint density at radius 3 is 2.59 bits per heavy atom. The standard InChI is InChI=1S/C28H39N7O4/c1-17(2)20-6-5-7-23(14-20)39-18(3)26-31-32-27(34(26)4)19-8-11-22(12-9-19)35-15-24(30-33-35)25-13-10-21(16-38-25)29-28(36)37/h5-7,14-15,17-19,21-22,25,29H,8-13,16H2,1-4H3,(H,36,37)/t18-,19-,21-,22-,25+/m1/s1. The van der Waals surface area contributed by atoms with Gasteiger partial charge in [0.15, 0.2) is 11.9 Å². The predicted molar refractivity (Wildman–Crippen MR) is 144 cm³/mol. The summed E-state index contributed by atoms with van der Waals surface area (Å²) in [5.41, 5.74) is 2.07. The maximum atomic E-state index is 10.9. The van der Waals surface area contributed by atoms with Gasteiger partial charge in [0.25, 0.3) is 0 Å². The molecule has 11 nitrogen and oxygen atoms in total. The molecule has 0 unspecified atom stereocenters. The van der Waals surface area contributed by atoms with Gasteiger partial charge in [0.1, 0.15) is 23.4 Å². The molecule has 1 aromatic carbocycles. The van der Waals surface area contributed by atoms with Crippen LogP contribution in [0.5, 0.6) is 5.75 Å². The lowest BCUT2D eigenvalue weighted by atomic mass is 9.85. The van der Waals surface area contributed by atoms with E-state index < -0.39 is 6.09 Å². The summed E-state index contributed by atoms with van der Waals surface area (Å²) in [4.78, 5) is 10.9. The van der Waals surface area contributed by atoms with Crippen molar-refractivity contribution in [3.05, 3.63) is 53.4 Å². The largest absolute Gasteiger partial charge is 0.483 e. The molecule has 2 aliphatic rings. The van der Waals surface area contributed by atoms with Gasteiger partial charge in [0, 0.05) is 13.0 Å². The summed E-state index contributed by atoms with van der Waals surface area (Å²) in [6, 6.07) is 8.37. The molecule has 1 amide bonds. The predicted octanol–water partition coefficient (Wildman–Crippen LogP) is 5.06. The number of carboxylic acid groups (broad SMARTS) is 1. The van der Waals surface area contributed by atoms with Crippen LogP contribution in [0.15, 0.2) is 30.5 Å². The molecule has 5 rings (SSSR count). The molecule has 210 valence electrons. The Bertz CT molecular complexity index is 1260. The topological polar surface area (TPSA) is 129 Å². The Balaban J connectivity index is 1.15. The first-order valence-corrected chi connectivity index (χ1v) is 14.0. The van der Waals surface area contributed by atoms with Crippen molar-refractivity contribution < 1.29 is 19.4 Å². The number of amides is 1. The Hall–Kier alpha value is -3.47. The molecule has 39 heavy (non-hydrogen) atoms. The third kappa shape index (κ3) is 6.24. The zero-order chi connectivity index (χ0) is 27.5. The quantitative estimate of drug-likeness (QED) is 0.408.